The number of para-hydroxylation sites is 1. The average molecular weight is 897 g/mol. The fourth-order valence-electron chi connectivity index (χ4n) is 10.1. The number of hydrogen-bond acceptors (Lipinski definition) is 12. The number of sulfonamides is 1. The molecule has 0 radical (unpaired) electrons. The average Bonchev–Trinajstić information content (AvgIpc) is 4.05. The van der Waals surface area contributed by atoms with Gasteiger partial charge in [-0.3, -0.25) is 19.8 Å². The molecule has 4 aromatic carbocycles. The number of likely N-dealkylation sites (N-methyl/N-ethyl adjacent to an activating group) is 1. The third-order valence-electron chi connectivity index (χ3n) is 13.7. The first kappa shape index (κ1) is 42.5. The number of aromatic amines is 1. The number of nitro benzene ring substituents is 1. The molecular weight excluding hydrogens is 845 g/mol. The van der Waals surface area contributed by atoms with Gasteiger partial charge in [0.05, 0.1) is 27.6 Å². The summed E-state index contributed by atoms with van der Waals surface area (Å²) in [5.41, 5.74) is 5.83. The summed E-state index contributed by atoms with van der Waals surface area (Å²) in [5.74, 6) is -0.257. The smallest absolute Gasteiger partial charge is 0.293 e. The summed E-state index contributed by atoms with van der Waals surface area (Å²) in [6.07, 6.45) is 9.60. The number of carbonyl (C=O) groups is 1. The van der Waals surface area contributed by atoms with Crippen LogP contribution in [0.25, 0.3) is 22.2 Å². The minimum atomic E-state index is -4.57. The van der Waals surface area contributed by atoms with Crippen LogP contribution >= 0.6 is 0 Å². The Balaban J connectivity index is 0.904. The Morgan fingerprint density at radius 3 is 2.48 bits per heavy atom. The molecule has 3 N–H and O–H groups in total. The summed E-state index contributed by atoms with van der Waals surface area (Å²) in [6.45, 7) is 4.79. The highest BCUT2D eigenvalue weighted by molar-refractivity contribution is 7.90. The van der Waals surface area contributed by atoms with Crippen molar-refractivity contribution in [3.8, 4) is 22.6 Å². The van der Waals surface area contributed by atoms with E-state index in [1.54, 1.807) is 24.4 Å². The minimum absolute atomic E-state index is 0.0562. The van der Waals surface area contributed by atoms with E-state index >= 15 is 0 Å². The molecule has 0 aliphatic carbocycles. The number of ether oxygens (including phenoxy) is 2. The number of rotatable bonds is 13. The highest BCUT2D eigenvalue weighted by atomic mass is 32.2. The topological polar surface area (TPSA) is 175 Å². The molecule has 336 valence electrons. The van der Waals surface area contributed by atoms with Crippen molar-refractivity contribution < 1.29 is 27.6 Å². The first-order chi connectivity index (χ1) is 31.6. The molecule has 4 fully saturated rings. The van der Waals surface area contributed by atoms with E-state index in [4.69, 9.17) is 9.47 Å². The Labute approximate surface area is 377 Å². The van der Waals surface area contributed by atoms with Crippen LogP contribution in [0.4, 0.5) is 22.7 Å². The van der Waals surface area contributed by atoms with E-state index in [9.17, 15) is 23.3 Å². The van der Waals surface area contributed by atoms with Crippen LogP contribution in [0.2, 0.25) is 0 Å². The van der Waals surface area contributed by atoms with Gasteiger partial charge in [0.15, 0.2) is 0 Å². The number of aromatic nitrogens is 2. The second kappa shape index (κ2) is 17.8. The molecule has 4 saturated heterocycles. The van der Waals surface area contributed by atoms with Crippen LogP contribution in [0.1, 0.15) is 60.5 Å². The van der Waals surface area contributed by atoms with E-state index < -0.39 is 31.4 Å². The van der Waals surface area contributed by atoms with Crippen LogP contribution in [0, 0.1) is 16.0 Å². The number of nitro groups is 1. The monoisotopic (exact) mass is 896 g/mol. The van der Waals surface area contributed by atoms with Crippen LogP contribution in [-0.4, -0.2) is 92.6 Å². The molecule has 4 aliphatic rings. The maximum Gasteiger partial charge on any atom is 0.293 e. The van der Waals surface area contributed by atoms with Gasteiger partial charge in [0, 0.05) is 80.5 Å². The summed E-state index contributed by atoms with van der Waals surface area (Å²) in [7, 11) is -2.30. The predicted octanol–water partition coefficient (Wildman–Crippen LogP) is 8.51. The van der Waals surface area contributed by atoms with Gasteiger partial charge >= 0.3 is 0 Å². The van der Waals surface area contributed by atoms with Gasteiger partial charge in [-0.25, -0.2) is 18.1 Å². The van der Waals surface area contributed by atoms with Gasteiger partial charge in [-0.05, 0) is 123 Å². The minimum Gasteiger partial charge on any atom is -0.455 e. The molecule has 1 amide bonds. The quantitative estimate of drug-likeness (QED) is 0.0746. The van der Waals surface area contributed by atoms with Crippen molar-refractivity contribution in [2.24, 2.45) is 5.92 Å². The molecule has 0 saturated carbocycles. The Bertz CT molecular complexity index is 2830. The summed E-state index contributed by atoms with van der Waals surface area (Å²) in [4.78, 5) is 40.2. The number of nitrogens with one attached hydrogen (secondary N) is 3. The molecule has 3 atom stereocenters. The summed E-state index contributed by atoms with van der Waals surface area (Å²) in [5, 5.41) is 16.0. The zero-order valence-electron chi connectivity index (χ0n) is 36.2. The Hall–Kier alpha value is -6.49. The van der Waals surface area contributed by atoms with E-state index in [0.717, 1.165) is 73.6 Å². The summed E-state index contributed by atoms with van der Waals surface area (Å²) >= 11 is 0. The van der Waals surface area contributed by atoms with Crippen LogP contribution in [0.15, 0.2) is 114 Å². The molecule has 16 heteroatoms. The molecule has 65 heavy (non-hydrogen) atoms. The molecule has 6 aromatic rings. The van der Waals surface area contributed by atoms with Crippen molar-refractivity contribution in [2.45, 2.75) is 61.5 Å². The van der Waals surface area contributed by atoms with Gasteiger partial charge in [-0.15, -0.1) is 0 Å². The van der Waals surface area contributed by atoms with Gasteiger partial charge < -0.3 is 29.6 Å². The zero-order chi connectivity index (χ0) is 44.7. The number of pyridine rings is 1. The number of benzene rings is 4. The molecule has 0 spiro atoms. The van der Waals surface area contributed by atoms with Gasteiger partial charge in [0.2, 0.25) is 0 Å². The lowest BCUT2D eigenvalue weighted by molar-refractivity contribution is -0.384. The lowest BCUT2D eigenvalue weighted by atomic mass is 9.99. The number of H-pyrrole nitrogens is 1. The van der Waals surface area contributed by atoms with Crippen LogP contribution in [0.3, 0.4) is 0 Å². The SMILES string of the molecule is CN1C2CCC1CN(c1ccccc1C1CCCN1c1ccc(-c3ccc(C(=O)NS(=O)(=O)c4ccc(NCC5CCOCC5)c([N+](=O)[O-])c4)c(Oc4cnc5[nH]ccc5c4)c3)cc1)C2. The first-order valence-corrected chi connectivity index (χ1v) is 23.9. The fraction of sp³-hybridized carbons (Fsp3) is 0.347. The molecule has 3 unspecified atom stereocenters. The summed E-state index contributed by atoms with van der Waals surface area (Å²) < 4.78 is 41.3. The summed E-state index contributed by atoms with van der Waals surface area (Å²) in [6, 6.07) is 30.9. The number of anilines is 3. The van der Waals surface area contributed by atoms with Crippen LogP contribution in [0.5, 0.6) is 11.5 Å². The second-order valence-corrected chi connectivity index (χ2v) is 19.3. The van der Waals surface area contributed by atoms with Crippen molar-refractivity contribution in [2.75, 3.05) is 61.6 Å². The maximum atomic E-state index is 14.0. The molecule has 15 nitrogen and oxygen atoms in total. The van der Waals surface area contributed by atoms with Crippen LogP contribution < -0.4 is 24.6 Å². The maximum absolute atomic E-state index is 14.0. The number of hydrogen-bond donors (Lipinski definition) is 3. The number of fused-ring (bicyclic) bond motifs is 3. The number of carbonyl (C=O) groups excluding carboxylic acids is 1. The van der Waals surface area contributed by atoms with E-state index in [-0.39, 0.29) is 29.0 Å². The number of amides is 1. The molecule has 4 aliphatic heterocycles. The third kappa shape index (κ3) is 8.73. The van der Waals surface area contributed by atoms with Crippen molar-refractivity contribution in [3.63, 3.8) is 0 Å². The Kier molecular flexibility index (Phi) is 11.6. The highest BCUT2D eigenvalue weighted by Crippen LogP contribution is 2.43. The van der Waals surface area contributed by atoms with Crippen LogP contribution in [-0.2, 0) is 14.8 Å². The normalized spacial score (nSPS) is 20.3. The standard InChI is InChI=1S/C49H52N8O7S/c1-54-37-13-14-38(54)31-55(30-37)44-6-3-2-5-41(44)45-7-4-22-56(45)36-11-8-33(9-12-36)34-10-16-42(47(26-34)64-39-25-35-18-21-50-48(35)52-29-39)49(58)53-65(61,62)40-15-17-43(46(27-40)57(59)60)51-28-32-19-23-63-24-20-32/h2-3,5-6,8-12,15-18,21,25-27,29,32,37-38,45,51H,4,7,13-14,19-20,22-24,28,30-31H2,1H3,(H,50,52)(H,53,58). The Morgan fingerprint density at radius 2 is 1.69 bits per heavy atom. The van der Waals surface area contributed by atoms with E-state index in [2.05, 4.69) is 90.3 Å². The third-order valence-corrected chi connectivity index (χ3v) is 15.1. The zero-order valence-corrected chi connectivity index (χ0v) is 37.0. The van der Waals surface area contributed by atoms with Crippen molar-refractivity contribution >= 4 is 49.7 Å². The van der Waals surface area contributed by atoms with Gasteiger partial charge in [-0.1, -0.05) is 36.4 Å². The van der Waals surface area contributed by atoms with E-state index in [1.165, 1.54) is 48.5 Å². The van der Waals surface area contributed by atoms with Crippen molar-refractivity contribution in [1.82, 2.24) is 19.6 Å². The predicted molar refractivity (Wildman–Crippen MR) is 250 cm³/mol. The fourth-order valence-corrected chi connectivity index (χ4v) is 11.1. The van der Waals surface area contributed by atoms with Crippen molar-refractivity contribution in [3.05, 3.63) is 131 Å². The largest absolute Gasteiger partial charge is 0.455 e. The molecule has 2 bridgehead atoms. The molecule has 10 rings (SSSR count). The Morgan fingerprint density at radius 1 is 0.923 bits per heavy atom. The molecule has 2 aromatic heterocycles. The van der Waals surface area contributed by atoms with Gasteiger partial charge in [0.25, 0.3) is 21.6 Å². The number of piperazine rings is 1. The lowest BCUT2D eigenvalue weighted by Gasteiger charge is -2.42. The van der Waals surface area contributed by atoms with E-state index in [1.807, 2.05) is 6.07 Å². The molecular formula is C49H52N8O7S. The number of nitrogens with zero attached hydrogens (tertiary/aromatic N) is 5. The van der Waals surface area contributed by atoms with Gasteiger partial charge in [0.1, 0.15) is 22.8 Å². The molecule has 6 heterocycles. The van der Waals surface area contributed by atoms with Crippen molar-refractivity contribution in [1.29, 1.82) is 0 Å². The highest BCUT2D eigenvalue weighted by Gasteiger charge is 2.39. The van der Waals surface area contributed by atoms with E-state index in [0.29, 0.717) is 43.2 Å². The first-order valence-electron chi connectivity index (χ1n) is 22.4. The van der Waals surface area contributed by atoms with Gasteiger partial charge in [-0.2, -0.15) is 0 Å². The lowest BCUT2D eigenvalue weighted by Crippen LogP contribution is -2.52. The second-order valence-electron chi connectivity index (χ2n) is 17.6.